The number of benzene rings is 2. The summed E-state index contributed by atoms with van der Waals surface area (Å²) in [6.45, 7) is 0. The molecule has 0 radical (unpaired) electrons. The summed E-state index contributed by atoms with van der Waals surface area (Å²) in [6, 6.07) is 24.9. The summed E-state index contributed by atoms with van der Waals surface area (Å²) in [5, 5.41) is 3.58. The van der Waals surface area contributed by atoms with Crippen molar-refractivity contribution in [3.05, 3.63) is 95.6 Å². The summed E-state index contributed by atoms with van der Waals surface area (Å²) >= 11 is 6.01. The summed E-state index contributed by atoms with van der Waals surface area (Å²) in [6.07, 6.45) is 1.94. The molecule has 0 spiro atoms. The second-order valence-corrected chi connectivity index (χ2v) is 6.17. The summed E-state index contributed by atoms with van der Waals surface area (Å²) in [4.78, 5) is 12.7. The Bertz CT molecular complexity index is 1050. The Labute approximate surface area is 150 Å². The van der Waals surface area contributed by atoms with Gasteiger partial charge >= 0.3 is 0 Å². The Morgan fingerprint density at radius 2 is 1.68 bits per heavy atom. The van der Waals surface area contributed by atoms with E-state index in [2.05, 4.69) is 11.4 Å². The summed E-state index contributed by atoms with van der Waals surface area (Å²) in [5.74, 6) is 0.551. The molecule has 25 heavy (non-hydrogen) atoms. The quantitative estimate of drug-likeness (QED) is 0.521. The Hall–Kier alpha value is -3.04. The first-order chi connectivity index (χ1) is 12.2. The first-order valence-corrected chi connectivity index (χ1v) is 8.32. The second kappa shape index (κ2) is 6.46. The third-order valence-corrected chi connectivity index (χ3v) is 4.32. The number of amides is 1. The molecule has 0 unspecified atom stereocenters. The van der Waals surface area contributed by atoms with Crippen molar-refractivity contribution in [2.45, 2.75) is 0 Å². The van der Waals surface area contributed by atoms with Gasteiger partial charge in [0.05, 0.1) is 0 Å². The van der Waals surface area contributed by atoms with Crippen LogP contribution in [0, 0.1) is 0 Å². The number of carbonyl (C=O) groups is 1. The van der Waals surface area contributed by atoms with Crippen LogP contribution < -0.4 is 5.32 Å². The summed E-state index contributed by atoms with van der Waals surface area (Å²) < 4.78 is 1.98. The molecule has 1 N–H and O–H groups in total. The maximum absolute atomic E-state index is 12.7. The molecular formula is C21H15ClN2O. The number of hydrogen-bond acceptors (Lipinski definition) is 1. The molecule has 0 atom stereocenters. The van der Waals surface area contributed by atoms with Crippen LogP contribution >= 0.6 is 11.6 Å². The molecule has 2 heterocycles. The van der Waals surface area contributed by atoms with Gasteiger partial charge in [-0.25, -0.2) is 0 Å². The number of nitrogens with one attached hydrogen (secondary N) is 1. The number of rotatable bonds is 3. The fourth-order valence-corrected chi connectivity index (χ4v) is 3.09. The average molecular weight is 347 g/mol. The van der Waals surface area contributed by atoms with Crippen molar-refractivity contribution < 1.29 is 4.79 Å². The summed E-state index contributed by atoms with van der Waals surface area (Å²) in [7, 11) is 0. The molecule has 0 bridgehead atoms. The van der Waals surface area contributed by atoms with E-state index in [0.29, 0.717) is 10.6 Å². The number of carbonyl (C=O) groups excluding carboxylic acids is 1. The lowest BCUT2D eigenvalue weighted by molar-refractivity contribution is 0.102. The van der Waals surface area contributed by atoms with Gasteiger partial charge in [0.2, 0.25) is 0 Å². The number of nitrogens with zero attached hydrogens (tertiary/aromatic N) is 1. The fourth-order valence-electron chi connectivity index (χ4n) is 2.90. The molecule has 0 saturated carbocycles. The number of hydrogen-bond donors (Lipinski definition) is 1. The molecule has 2 aromatic carbocycles. The SMILES string of the molecule is O=C(Nc1c(-c2ccccc2)cc2ccccn12)c1cccc(Cl)c1. The molecule has 0 aliphatic carbocycles. The standard InChI is InChI=1S/C21H15ClN2O/c22-17-10-6-9-16(13-17)21(25)23-20-19(15-7-2-1-3-8-15)14-18-11-4-5-12-24(18)20/h1-14H,(H,23,25). The van der Waals surface area contributed by atoms with Crippen molar-refractivity contribution in [1.29, 1.82) is 0 Å². The van der Waals surface area contributed by atoms with Crippen LogP contribution in [0.5, 0.6) is 0 Å². The van der Waals surface area contributed by atoms with E-state index < -0.39 is 0 Å². The Kier molecular flexibility index (Phi) is 4.00. The molecule has 1 amide bonds. The zero-order chi connectivity index (χ0) is 17.2. The highest BCUT2D eigenvalue weighted by Gasteiger charge is 2.15. The van der Waals surface area contributed by atoms with Crippen LogP contribution in [-0.2, 0) is 0 Å². The van der Waals surface area contributed by atoms with Gasteiger partial charge in [0, 0.05) is 27.9 Å². The number of fused-ring (bicyclic) bond motifs is 1. The van der Waals surface area contributed by atoms with Gasteiger partial charge in [-0.2, -0.15) is 0 Å². The lowest BCUT2D eigenvalue weighted by Crippen LogP contribution is -2.14. The molecule has 0 fully saturated rings. The number of halogens is 1. The monoisotopic (exact) mass is 346 g/mol. The number of aromatic nitrogens is 1. The van der Waals surface area contributed by atoms with Crippen LogP contribution in [-0.4, -0.2) is 10.3 Å². The Morgan fingerprint density at radius 1 is 0.880 bits per heavy atom. The first-order valence-electron chi connectivity index (χ1n) is 7.95. The molecule has 0 aliphatic heterocycles. The summed E-state index contributed by atoms with van der Waals surface area (Å²) in [5.41, 5.74) is 3.56. The van der Waals surface area contributed by atoms with Gasteiger partial charge in [0.1, 0.15) is 5.82 Å². The maximum atomic E-state index is 12.7. The van der Waals surface area contributed by atoms with Gasteiger partial charge in [-0.05, 0) is 42.0 Å². The predicted molar refractivity (Wildman–Crippen MR) is 102 cm³/mol. The van der Waals surface area contributed by atoms with E-state index in [1.807, 2.05) is 59.1 Å². The van der Waals surface area contributed by atoms with Crippen molar-refractivity contribution in [2.75, 3.05) is 5.32 Å². The first kappa shape index (κ1) is 15.5. The van der Waals surface area contributed by atoms with Crippen molar-refractivity contribution >= 4 is 28.8 Å². The Morgan fingerprint density at radius 3 is 2.48 bits per heavy atom. The predicted octanol–water partition coefficient (Wildman–Crippen LogP) is 5.51. The minimum Gasteiger partial charge on any atom is -0.307 e. The molecule has 0 aliphatic rings. The second-order valence-electron chi connectivity index (χ2n) is 5.73. The van der Waals surface area contributed by atoms with E-state index in [4.69, 9.17) is 11.6 Å². The molecule has 4 rings (SSSR count). The number of anilines is 1. The maximum Gasteiger partial charge on any atom is 0.256 e. The van der Waals surface area contributed by atoms with Crippen LogP contribution in [0.1, 0.15) is 10.4 Å². The highest BCUT2D eigenvalue weighted by Crippen LogP contribution is 2.32. The van der Waals surface area contributed by atoms with E-state index in [1.165, 1.54) is 0 Å². The van der Waals surface area contributed by atoms with Crippen molar-refractivity contribution in [1.82, 2.24) is 4.40 Å². The Balaban J connectivity index is 1.81. The molecule has 0 saturated heterocycles. The largest absolute Gasteiger partial charge is 0.307 e. The van der Waals surface area contributed by atoms with Gasteiger partial charge in [0.25, 0.3) is 5.91 Å². The number of pyridine rings is 1. The van der Waals surface area contributed by atoms with Gasteiger partial charge in [-0.1, -0.05) is 54.1 Å². The minimum atomic E-state index is -0.191. The van der Waals surface area contributed by atoms with Gasteiger partial charge < -0.3 is 9.72 Å². The topological polar surface area (TPSA) is 33.5 Å². The third-order valence-electron chi connectivity index (χ3n) is 4.08. The highest BCUT2D eigenvalue weighted by atomic mass is 35.5. The molecule has 4 aromatic rings. The fraction of sp³-hybridized carbons (Fsp3) is 0. The van der Waals surface area contributed by atoms with Crippen molar-refractivity contribution in [3.8, 4) is 11.1 Å². The minimum absolute atomic E-state index is 0.191. The molecule has 122 valence electrons. The zero-order valence-electron chi connectivity index (χ0n) is 13.3. The van der Waals surface area contributed by atoms with E-state index in [1.54, 1.807) is 24.3 Å². The normalized spacial score (nSPS) is 10.8. The van der Waals surface area contributed by atoms with Gasteiger partial charge in [-0.15, -0.1) is 0 Å². The molecule has 3 nitrogen and oxygen atoms in total. The van der Waals surface area contributed by atoms with Crippen LogP contribution in [0.3, 0.4) is 0 Å². The lowest BCUT2D eigenvalue weighted by Gasteiger charge is -2.09. The van der Waals surface area contributed by atoms with E-state index >= 15 is 0 Å². The molecular weight excluding hydrogens is 332 g/mol. The van der Waals surface area contributed by atoms with E-state index in [9.17, 15) is 4.79 Å². The lowest BCUT2D eigenvalue weighted by atomic mass is 10.1. The van der Waals surface area contributed by atoms with Crippen molar-refractivity contribution in [2.24, 2.45) is 0 Å². The third kappa shape index (κ3) is 3.02. The van der Waals surface area contributed by atoms with Crippen LogP contribution in [0.2, 0.25) is 5.02 Å². The van der Waals surface area contributed by atoms with Crippen LogP contribution in [0.4, 0.5) is 5.82 Å². The molecule has 4 heteroatoms. The van der Waals surface area contributed by atoms with Gasteiger partial charge in [-0.3, -0.25) is 4.79 Å². The molecule has 2 aromatic heterocycles. The van der Waals surface area contributed by atoms with Crippen molar-refractivity contribution in [3.63, 3.8) is 0 Å². The zero-order valence-corrected chi connectivity index (χ0v) is 14.1. The highest BCUT2D eigenvalue weighted by molar-refractivity contribution is 6.31. The van der Waals surface area contributed by atoms with Crippen LogP contribution in [0.15, 0.2) is 85.1 Å². The smallest absolute Gasteiger partial charge is 0.256 e. The van der Waals surface area contributed by atoms with E-state index in [-0.39, 0.29) is 5.91 Å². The van der Waals surface area contributed by atoms with Gasteiger partial charge in [0.15, 0.2) is 0 Å². The van der Waals surface area contributed by atoms with Crippen LogP contribution in [0.25, 0.3) is 16.6 Å². The average Bonchev–Trinajstić information content (AvgIpc) is 3.01. The van der Waals surface area contributed by atoms with E-state index in [0.717, 1.165) is 22.5 Å².